The van der Waals surface area contributed by atoms with E-state index in [2.05, 4.69) is 23.1 Å². The number of hydrogen-bond acceptors (Lipinski definition) is 3. The van der Waals surface area contributed by atoms with Crippen LogP contribution in [-0.2, 0) is 4.79 Å². The molecule has 0 radical (unpaired) electrons. The maximum absolute atomic E-state index is 13.5. The van der Waals surface area contributed by atoms with Gasteiger partial charge in [0.15, 0.2) is 22.8 Å². The van der Waals surface area contributed by atoms with E-state index in [0.717, 1.165) is 6.42 Å². The number of thiocarbonyl (C=S) groups is 1. The number of halogens is 1. The normalized spacial score (nSPS) is 21.5. The second kappa shape index (κ2) is 8.82. The number of ether oxygens (including phenoxy) is 1. The monoisotopic (exact) mass is 353 g/mol. The Balaban J connectivity index is 1.75. The molecular weight excluding hydrogens is 329 g/mol. The summed E-state index contributed by atoms with van der Waals surface area (Å²) < 4.78 is 18.8. The first-order valence-electron chi connectivity index (χ1n) is 8.25. The number of hydrogen-bond donors (Lipinski definition) is 3. The topological polar surface area (TPSA) is 62.4 Å². The number of para-hydroxylation sites is 1. The third-order valence-electron chi connectivity index (χ3n) is 4.24. The summed E-state index contributed by atoms with van der Waals surface area (Å²) in [6.07, 6.45) is 3.83. The zero-order valence-corrected chi connectivity index (χ0v) is 14.8. The van der Waals surface area contributed by atoms with Crippen LogP contribution in [-0.4, -0.2) is 23.2 Å². The smallest absolute Gasteiger partial charge is 0.279 e. The standard InChI is InChI=1S/C17H24FN3O2S/c1-11-7-3-5-9-14(11)19-17(24)21-20-16(22)12(2)23-15-10-6-4-8-13(15)18/h4,6,8,10-12,14H,3,5,7,9H2,1-2H3,(H,20,22)(H2,19,21,24)/t11-,12+,14+/m0/s1. The Kier molecular flexibility index (Phi) is 6.78. The van der Waals surface area contributed by atoms with E-state index in [0.29, 0.717) is 17.1 Å². The largest absolute Gasteiger partial charge is 0.478 e. The van der Waals surface area contributed by atoms with E-state index in [1.807, 2.05) is 0 Å². The lowest BCUT2D eigenvalue weighted by Crippen LogP contribution is -2.53. The molecule has 0 aliphatic heterocycles. The fraction of sp³-hybridized carbons (Fsp3) is 0.529. The van der Waals surface area contributed by atoms with E-state index in [4.69, 9.17) is 17.0 Å². The molecule has 7 heteroatoms. The molecule has 0 unspecified atom stereocenters. The van der Waals surface area contributed by atoms with E-state index in [-0.39, 0.29) is 5.75 Å². The SMILES string of the molecule is C[C@@H](Oc1ccccc1F)C(=O)NNC(=S)N[C@@H]1CCCC[C@@H]1C. The summed E-state index contributed by atoms with van der Waals surface area (Å²) in [6, 6.07) is 6.28. The van der Waals surface area contributed by atoms with Gasteiger partial charge in [0.05, 0.1) is 0 Å². The van der Waals surface area contributed by atoms with E-state index in [9.17, 15) is 9.18 Å². The van der Waals surface area contributed by atoms with Crippen molar-refractivity contribution in [1.82, 2.24) is 16.2 Å². The summed E-state index contributed by atoms with van der Waals surface area (Å²) in [7, 11) is 0. The highest BCUT2D eigenvalue weighted by Gasteiger charge is 2.22. The van der Waals surface area contributed by atoms with Gasteiger partial charge in [-0.15, -0.1) is 0 Å². The molecule has 5 nitrogen and oxygen atoms in total. The molecule has 1 aliphatic rings. The van der Waals surface area contributed by atoms with Gasteiger partial charge >= 0.3 is 0 Å². The van der Waals surface area contributed by atoms with E-state index >= 15 is 0 Å². The molecule has 0 spiro atoms. The van der Waals surface area contributed by atoms with Crippen LogP contribution in [0.1, 0.15) is 39.5 Å². The number of amides is 1. The van der Waals surface area contributed by atoms with Gasteiger partial charge in [-0.3, -0.25) is 15.6 Å². The van der Waals surface area contributed by atoms with Gasteiger partial charge in [-0.2, -0.15) is 0 Å². The predicted molar refractivity (Wildman–Crippen MR) is 94.9 cm³/mol. The Labute approximate surface area is 147 Å². The average Bonchev–Trinajstić information content (AvgIpc) is 2.56. The second-order valence-corrected chi connectivity index (χ2v) is 6.55. The number of carbonyl (C=O) groups excluding carboxylic acids is 1. The third kappa shape index (κ3) is 5.33. The molecule has 1 aromatic rings. The highest BCUT2D eigenvalue weighted by atomic mass is 32.1. The molecule has 3 N–H and O–H groups in total. The molecular formula is C17H24FN3O2S. The van der Waals surface area contributed by atoms with E-state index < -0.39 is 17.8 Å². The highest BCUT2D eigenvalue weighted by molar-refractivity contribution is 7.80. The van der Waals surface area contributed by atoms with Crippen LogP contribution >= 0.6 is 12.2 Å². The zero-order chi connectivity index (χ0) is 17.5. The van der Waals surface area contributed by atoms with Crippen molar-refractivity contribution in [2.24, 2.45) is 5.92 Å². The molecule has 1 amide bonds. The van der Waals surface area contributed by atoms with Crippen molar-refractivity contribution < 1.29 is 13.9 Å². The molecule has 1 saturated carbocycles. The highest BCUT2D eigenvalue weighted by Crippen LogP contribution is 2.23. The number of benzene rings is 1. The van der Waals surface area contributed by atoms with Crippen LogP contribution in [0, 0.1) is 11.7 Å². The van der Waals surface area contributed by atoms with Crippen molar-refractivity contribution in [3.05, 3.63) is 30.1 Å². The molecule has 24 heavy (non-hydrogen) atoms. The van der Waals surface area contributed by atoms with Gasteiger partial charge in [0.1, 0.15) is 0 Å². The van der Waals surface area contributed by atoms with Gasteiger partial charge in [-0.05, 0) is 50.0 Å². The number of carbonyl (C=O) groups is 1. The van der Waals surface area contributed by atoms with Crippen LogP contribution in [0.5, 0.6) is 5.75 Å². The van der Waals surface area contributed by atoms with Gasteiger partial charge < -0.3 is 10.1 Å². The van der Waals surface area contributed by atoms with E-state index in [1.54, 1.807) is 19.1 Å². The van der Waals surface area contributed by atoms with E-state index in [1.165, 1.54) is 31.4 Å². The van der Waals surface area contributed by atoms with Crippen LogP contribution in [0.25, 0.3) is 0 Å². The molecule has 2 rings (SSSR count). The molecule has 0 aromatic heterocycles. The van der Waals surface area contributed by atoms with Crippen molar-refractivity contribution in [2.45, 2.75) is 51.7 Å². The molecule has 1 fully saturated rings. The van der Waals surface area contributed by atoms with Crippen LogP contribution in [0.15, 0.2) is 24.3 Å². The Morgan fingerprint density at radius 2 is 2.00 bits per heavy atom. The molecule has 0 heterocycles. The molecule has 3 atom stereocenters. The van der Waals surface area contributed by atoms with Gasteiger partial charge in [-0.1, -0.05) is 31.9 Å². The minimum absolute atomic E-state index is 0.0388. The van der Waals surface area contributed by atoms with Crippen molar-refractivity contribution in [3.63, 3.8) is 0 Å². The first-order valence-corrected chi connectivity index (χ1v) is 8.65. The van der Waals surface area contributed by atoms with Crippen LogP contribution in [0.4, 0.5) is 4.39 Å². The van der Waals surface area contributed by atoms with Crippen molar-refractivity contribution in [3.8, 4) is 5.75 Å². The van der Waals surface area contributed by atoms with Crippen LogP contribution in [0.3, 0.4) is 0 Å². The van der Waals surface area contributed by atoms with Crippen LogP contribution < -0.4 is 20.9 Å². The fourth-order valence-electron chi connectivity index (χ4n) is 2.74. The molecule has 132 valence electrons. The van der Waals surface area contributed by atoms with Gasteiger partial charge in [0.2, 0.25) is 0 Å². The van der Waals surface area contributed by atoms with Gasteiger partial charge in [0.25, 0.3) is 5.91 Å². The molecule has 1 aliphatic carbocycles. The first kappa shape index (κ1) is 18.4. The summed E-state index contributed by atoms with van der Waals surface area (Å²) in [5.74, 6) is -0.345. The number of rotatable bonds is 4. The average molecular weight is 353 g/mol. The summed E-state index contributed by atoms with van der Waals surface area (Å²) in [5, 5.41) is 3.60. The minimum atomic E-state index is -0.856. The van der Waals surface area contributed by atoms with Crippen LogP contribution in [0.2, 0.25) is 0 Å². The Hall–Kier alpha value is -1.89. The maximum atomic E-state index is 13.5. The first-order chi connectivity index (χ1) is 11.5. The molecule has 0 saturated heterocycles. The maximum Gasteiger partial charge on any atom is 0.279 e. The number of hydrazine groups is 1. The lowest BCUT2D eigenvalue weighted by Gasteiger charge is -2.30. The van der Waals surface area contributed by atoms with Gasteiger partial charge in [-0.25, -0.2) is 4.39 Å². The molecule has 0 bridgehead atoms. The summed E-state index contributed by atoms with van der Waals surface area (Å²) >= 11 is 5.21. The summed E-state index contributed by atoms with van der Waals surface area (Å²) in [5.41, 5.74) is 5.16. The Bertz CT molecular complexity index is 585. The second-order valence-electron chi connectivity index (χ2n) is 6.15. The minimum Gasteiger partial charge on any atom is -0.478 e. The lowest BCUT2D eigenvalue weighted by atomic mass is 9.86. The Morgan fingerprint density at radius 3 is 2.71 bits per heavy atom. The molecule has 1 aromatic carbocycles. The third-order valence-corrected chi connectivity index (χ3v) is 4.46. The van der Waals surface area contributed by atoms with Crippen molar-refractivity contribution in [1.29, 1.82) is 0 Å². The number of nitrogens with one attached hydrogen (secondary N) is 3. The predicted octanol–water partition coefficient (Wildman–Crippen LogP) is 2.67. The zero-order valence-electron chi connectivity index (χ0n) is 14.0. The summed E-state index contributed by atoms with van der Waals surface area (Å²) in [4.78, 5) is 12.0. The van der Waals surface area contributed by atoms with Gasteiger partial charge in [0, 0.05) is 6.04 Å². The summed E-state index contributed by atoms with van der Waals surface area (Å²) in [6.45, 7) is 3.74. The Morgan fingerprint density at radius 1 is 1.29 bits per heavy atom. The fourth-order valence-corrected chi connectivity index (χ4v) is 2.94. The quantitative estimate of drug-likeness (QED) is 0.574. The van der Waals surface area contributed by atoms with Crippen molar-refractivity contribution >= 4 is 23.2 Å². The van der Waals surface area contributed by atoms with Crippen molar-refractivity contribution in [2.75, 3.05) is 0 Å². The lowest BCUT2D eigenvalue weighted by molar-refractivity contribution is -0.127.